The van der Waals surface area contributed by atoms with Crippen molar-refractivity contribution in [3.05, 3.63) is 0 Å². The van der Waals surface area contributed by atoms with Crippen molar-refractivity contribution < 1.29 is 10.0 Å². The number of nitrogens with zero attached hydrogens (tertiary/aromatic N) is 1. The molecule has 5 heteroatoms. The predicted molar refractivity (Wildman–Crippen MR) is 34.6 cm³/mol. The van der Waals surface area contributed by atoms with Gasteiger partial charge in [0.15, 0.2) is 5.84 Å². The predicted octanol–water partition coefficient (Wildman–Crippen LogP) is -0.989. The SMILES string of the molecule is N/C(=N\O)C1CCC(=O)N1. The van der Waals surface area contributed by atoms with Crippen LogP contribution in [0.3, 0.4) is 0 Å². The molecule has 56 valence electrons. The van der Waals surface area contributed by atoms with Crippen LogP contribution >= 0.6 is 0 Å². The Kier molecular flexibility index (Phi) is 1.75. The molecule has 0 spiro atoms. The van der Waals surface area contributed by atoms with Crippen LogP contribution in [0.4, 0.5) is 0 Å². The van der Waals surface area contributed by atoms with Crippen LogP contribution in [0, 0.1) is 0 Å². The minimum atomic E-state index is -0.266. The molecule has 1 aliphatic rings. The number of hydrogen-bond acceptors (Lipinski definition) is 3. The maximum atomic E-state index is 10.6. The topological polar surface area (TPSA) is 87.7 Å². The molecule has 0 aliphatic carbocycles. The summed E-state index contributed by atoms with van der Waals surface area (Å²) >= 11 is 0. The summed E-state index contributed by atoms with van der Waals surface area (Å²) in [7, 11) is 0. The largest absolute Gasteiger partial charge is 0.409 e. The van der Waals surface area contributed by atoms with E-state index >= 15 is 0 Å². The van der Waals surface area contributed by atoms with Gasteiger partial charge in [-0.05, 0) is 6.42 Å². The molecule has 5 nitrogen and oxygen atoms in total. The van der Waals surface area contributed by atoms with Crippen LogP contribution < -0.4 is 11.1 Å². The normalized spacial score (nSPS) is 26.6. The van der Waals surface area contributed by atoms with Crippen LogP contribution in [0.5, 0.6) is 0 Å². The standard InChI is InChI=1S/C5H9N3O2/c6-5(8-10)3-1-2-4(9)7-3/h3,10H,1-2H2,(H2,6,8)(H,7,9). The van der Waals surface area contributed by atoms with E-state index in [4.69, 9.17) is 10.9 Å². The van der Waals surface area contributed by atoms with E-state index in [1.807, 2.05) is 0 Å². The number of amidine groups is 1. The smallest absolute Gasteiger partial charge is 0.220 e. The number of rotatable bonds is 1. The summed E-state index contributed by atoms with van der Waals surface area (Å²) in [4.78, 5) is 10.6. The molecule has 1 rings (SSSR count). The second-order valence-corrected chi connectivity index (χ2v) is 2.18. The van der Waals surface area contributed by atoms with Gasteiger partial charge in [-0.15, -0.1) is 0 Å². The zero-order valence-electron chi connectivity index (χ0n) is 5.37. The highest BCUT2D eigenvalue weighted by atomic mass is 16.4. The molecule has 1 unspecified atom stereocenters. The maximum Gasteiger partial charge on any atom is 0.220 e. The molecule has 1 saturated heterocycles. The highest BCUT2D eigenvalue weighted by molar-refractivity contribution is 5.92. The zero-order valence-corrected chi connectivity index (χ0v) is 5.37. The molecular formula is C5H9N3O2. The molecule has 10 heavy (non-hydrogen) atoms. The van der Waals surface area contributed by atoms with Gasteiger partial charge in [0.05, 0.1) is 6.04 Å². The fourth-order valence-electron chi connectivity index (χ4n) is 0.906. The van der Waals surface area contributed by atoms with Gasteiger partial charge in [0.25, 0.3) is 0 Å². The van der Waals surface area contributed by atoms with E-state index in [0.29, 0.717) is 12.8 Å². The van der Waals surface area contributed by atoms with Gasteiger partial charge in [-0.3, -0.25) is 4.79 Å². The second-order valence-electron chi connectivity index (χ2n) is 2.18. The van der Waals surface area contributed by atoms with Gasteiger partial charge in [0.2, 0.25) is 5.91 Å². The Morgan fingerprint density at radius 3 is 3.00 bits per heavy atom. The Balaban J connectivity index is 2.52. The highest BCUT2D eigenvalue weighted by Gasteiger charge is 2.23. The van der Waals surface area contributed by atoms with Gasteiger partial charge in [-0.25, -0.2) is 0 Å². The summed E-state index contributed by atoms with van der Waals surface area (Å²) in [6.07, 6.45) is 1.08. The molecule has 1 fully saturated rings. The third-order valence-electron chi connectivity index (χ3n) is 1.47. The summed E-state index contributed by atoms with van der Waals surface area (Å²) in [5.74, 6) is 0.0300. The first-order valence-corrected chi connectivity index (χ1v) is 3.01. The summed E-state index contributed by atoms with van der Waals surface area (Å²) < 4.78 is 0. The average Bonchev–Trinajstić information content (AvgIpc) is 2.34. The third-order valence-corrected chi connectivity index (χ3v) is 1.47. The van der Waals surface area contributed by atoms with Crippen LogP contribution in [0.15, 0.2) is 5.16 Å². The van der Waals surface area contributed by atoms with Gasteiger partial charge in [-0.2, -0.15) is 0 Å². The minimum Gasteiger partial charge on any atom is -0.409 e. The Labute approximate surface area is 57.9 Å². The van der Waals surface area contributed by atoms with E-state index in [1.54, 1.807) is 0 Å². The fourth-order valence-corrected chi connectivity index (χ4v) is 0.906. The first kappa shape index (κ1) is 6.85. The Hall–Kier alpha value is -1.26. The lowest BCUT2D eigenvalue weighted by Crippen LogP contribution is -2.38. The van der Waals surface area contributed by atoms with E-state index in [0.717, 1.165) is 0 Å². The average molecular weight is 143 g/mol. The summed E-state index contributed by atoms with van der Waals surface area (Å²) in [6.45, 7) is 0. The molecule has 0 bridgehead atoms. The van der Waals surface area contributed by atoms with Crippen LogP contribution in [0.25, 0.3) is 0 Å². The Morgan fingerprint density at radius 2 is 2.60 bits per heavy atom. The monoisotopic (exact) mass is 143 g/mol. The van der Waals surface area contributed by atoms with Gasteiger partial charge >= 0.3 is 0 Å². The Morgan fingerprint density at radius 1 is 1.90 bits per heavy atom. The molecule has 0 radical (unpaired) electrons. The molecule has 1 amide bonds. The molecule has 4 N–H and O–H groups in total. The first-order chi connectivity index (χ1) is 4.74. The van der Waals surface area contributed by atoms with E-state index in [-0.39, 0.29) is 17.8 Å². The molecule has 0 aromatic heterocycles. The van der Waals surface area contributed by atoms with Gasteiger partial charge in [-0.1, -0.05) is 5.16 Å². The summed E-state index contributed by atoms with van der Waals surface area (Å²) in [5, 5.41) is 13.5. The van der Waals surface area contributed by atoms with Crippen LogP contribution in [0.2, 0.25) is 0 Å². The number of nitrogens with two attached hydrogens (primary N) is 1. The highest BCUT2D eigenvalue weighted by Crippen LogP contribution is 2.05. The first-order valence-electron chi connectivity index (χ1n) is 3.01. The maximum absolute atomic E-state index is 10.6. The second kappa shape index (κ2) is 2.55. The number of hydrogen-bond donors (Lipinski definition) is 3. The lowest BCUT2D eigenvalue weighted by molar-refractivity contribution is -0.119. The van der Waals surface area contributed by atoms with Crippen molar-refractivity contribution in [2.75, 3.05) is 0 Å². The molecule has 1 aliphatic heterocycles. The lowest BCUT2D eigenvalue weighted by atomic mass is 10.2. The van der Waals surface area contributed by atoms with E-state index in [1.165, 1.54) is 0 Å². The van der Waals surface area contributed by atoms with Crippen LogP contribution in [-0.2, 0) is 4.79 Å². The van der Waals surface area contributed by atoms with Crippen molar-refractivity contribution in [2.45, 2.75) is 18.9 Å². The van der Waals surface area contributed by atoms with E-state index in [2.05, 4.69) is 10.5 Å². The number of nitrogens with one attached hydrogen (secondary N) is 1. The minimum absolute atomic E-state index is 0.0448. The summed E-state index contributed by atoms with van der Waals surface area (Å²) in [5.41, 5.74) is 5.23. The van der Waals surface area contributed by atoms with Gasteiger partial charge in [0, 0.05) is 6.42 Å². The number of carbonyl (C=O) groups is 1. The van der Waals surface area contributed by atoms with Crippen LogP contribution in [-0.4, -0.2) is 23.0 Å². The third kappa shape index (κ3) is 1.18. The van der Waals surface area contributed by atoms with E-state index < -0.39 is 0 Å². The molecule has 0 saturated carbocycles. The van der Waals surface area contributed by atoms with E-state index in [9.17, 15) is 4.79 Å². The van der Waals surface area contributed by atoms with Crippen molar-refractivity contribution >= 4 is 11.7 Å². The molecular weight excluding hydrogens is 134 g/mol. The van der Waals surface area contributed by atoms with Gasteiger partial charge < -0.3 is 16.3 Å². The van der Waals surface area contributed by atoms with Crippen molar-refractivity contribution in [3.8, 4) is 0 Å². The van der Waals surface area contributed by atoms with Crippen molar-refractivity contribution in [3.63, 3.8) is 0 Å². The molecule has 1 atom stereocenters. The number of amides is 1. The number of oxime groups is 1. The fraction of sp³-hybridized carbons (Fsp3) is 0.600. The number of carbonyl (C=O) groups excluding carboxylic acids is 1. The van der Waals surface area contributed by atoms with Crippen LogP contribution in [0.1, 0.15) is 12.8 Å². The summed E-state index contributed by atoms with van der Waals surface area (Å²) in [6, 6.07) is -0.266. The quantitative estimate of drug-likeness (QED) is 0.190. The zero-order chi connectivity index (χ0) is 7.56. The molecule has 0 aromatic carbocycles. The Bertz CT molecular complexity index is 178. The lowest BCUT2D eigenvalue weighted by Gasteiger charge is -2.05. The van der Waals surface area contributed by atoms with Crippen molar-refractivity contribution in [1.29, 1.82) is 0 Å². The van der Waals surface area contributed by atoms with Crippen molar-refractivity contribution in [1.82, 2.24) is 5.32 Å². The van der Waals surface area contributed by atoms with Crippen molar-refractivity contribution in [2.24, 2.45) is 10.9 Å². The molecule has 0 aromatic rings. The van der Waals surface area contributed by atoms with Gasteiger partial charge in [0.1, 0.15) is 0 Å². The molecule has 1 heterocycles.